The lowest BCUT2D eigenvalue weighted by atomic mass is 9.87. The first kappa shape index (κ1) is 58.0. The third-order valence-corrected chi connectivity index (χ3v) is 15.5. The molecule has 0 unspecified atom stereocenters. The van der Waals surface area contributed by atoms with Crippen molar-refractivity contribution in [2.24, 2.45) is 0 Å². The number of aromatic hydroxyl groups is 2. The van der Waals surface area contributed by atoms with Crippen molar-refractivity contribution in [3.63, 3.8) is 0 Å². The monoisotopic (exact) mass is 1200 g/mol. The van der Waals surface area contributed by atoms with Gasteiger partial charge in [0.2, 0.25) is 58.9 Å². The van der Waals surface area contributed by atoms with Crippen LogP contribution in [-0.4, -0.2) is 71.4 Å². The van der Waals surface area contributed by atoms with Gasteiger partial charge in [0.1, 0.15) is 11.5 Å². The Morgan fingerprint density at radius 2 is 0.367 bits per heavy atom. The molecule has 0 amide bonds. The molecule has 0 bridgehead atoms. The van der Waals surface area contributed by atoms with E-state index in [0.717, 1.165) is 44.5 Å². The van der Waals surface area contributed by atoms with E-state index in [2.05, 4.69) is 144 Å². The van der Waals surface area contributed by atoms with Crippen molar-refractivity contribution in [2.75, 3.05) is 0 Å². The largest absolute Gasteiger partial charge is 0.507 e. The summed E-state index contributed by atoms with van der Waals surface area (Å²) in [5.74, 6) is 1.16. The first-order valence-electron chi connectivity index (χ1n) is 29.2. The Balaban J connectivity index is 0.817. The molecule has 6 heterocycles. The molecule has 450 valence electrons. The van der Waals surface area contributed by atoms with E-state index in [4.69, 9.17) is 26.5 Å². The second-order valence-electron chi connectivity index (χ2n) is 26.3. The molecule has 0 aliphatic rings. The third kappa shape index (κ3) is 11.7. The van der Waals surface area contributed by atoms with E-state index in [-0.39, 0.29) is 91.4 Å². The number of aromatic nitrogens is 12. The normalized spacial score (nSPS) is 12.3. The van der Waals surface area contributed by atoms with Crippen LogP contribution in [0.1, 0.15) is 105 Å². The fourth-order valence-corrected chi connectivity index (χ4v) is 10.1. The van der Waals surface area contributed by atoms with Crippen LogP contribution in [0, 0.1) is 0 Å². The van der Waals surface area contributed by atoms with Crippen LogP contribution in [0.15, 0.2) is 172 Å². The maximum absolute atomic E-state index is 11.7. The molecule has 90 heavy (non-hydrogen) atoms. The maximum Gasteiger partial charge on any atom is 0.252 e. The molecule has 0 spiro atoms. The molecular formula is C70H62N12O8. The minimum absolute atomic E-state index is 0.00893. The average molecular weight is 1200 g/mol. The number of hydrogen-bond acceptors (Lipinski definition) is 20. The molecule has 0 saturated heterocycles. The molecule has 0 saturated carbocycles. The van der Waals surface area contributed by atoms with Crippen molar-refractivity contribution in [3.8, 4) is 149 Å². The van der Waals surface area contributed by atoms with E-state index in [1.165, 1.54) is 12.1 Å². The summed E-state index contributed by atoms with van der Waals surface area (Å²) in [6, 6.07) is 45.0. The fraction of sp³-hybridized carbons (Fsp3) is 0.229. The van der Waals surface area contributed by atoms with E-state index < -0.39 is 0 Å². The molecule has 20 heteroatoms. The van der Waals surface area contributed by atoms with Gasteiger partial charge in [-0.25, -0.2) is 0 Å². The molecular weight excluding hydrogens is 1140 g/mol. The van der Waals surface area contributed by atoms with Crippen LogP contribution >= 0.6 is 0 Å². The van der Waals surface area contributed by atoms with Gasteiger partial charge in [-0.3, -0.25) is 0 Å². The highest BCUT2D eigenvalue weighted by molar-refractivity contribution is 5.79. The molecule has 0 radical (unpaired) electrons. The van der Waals surface area contributed by atoms with E-state index in [1.807, 2.05) is 97.1 Å². The predicted octanol–water partition coefficient (Wildman–Crippen LogP) is 16.6. The molecule has 0 aliphatic heterocycles. The number of phenols is 2. The highest BCUT2D eigenvalue weighted by Crippen LogP contribution is 2.43. The quantitative estimate of drug-likeness (QED) is 0.108. The van der Waals surface area contributed by atoms with Gasteiger partial charge in [0, 0.05) is 55.6 Å². The lowest BCUT2D eigenvalue weighted by Crippen LogP contribution is -2.10. The molecule has 0 aliphatic carbocycles. The van der Waals surface area contributed by atoms with Crippen molar-refractivity contribution in [1.29, 1.82) is 0 Å². The summed E-state index contributed by atoms with van der Waals surface area (Å²) in [4.78, 5) is 0. The molecule has 7 aromatic carbocycles. The minimum atomic E-state index is -0.347. The first-order valence-corrected chi connectivity index (χ1v) is 29.2. The Hall–Kier alpha value is -11.0. The summed E-state index contributed by atoms with van der Waals surface area (Å²) in [6.07, 6.45) is 0. The third-order valence-electron chi connectivity index (χ3n) is 15.5. The molecule has 6 aromatic heterocycles. The van der Waals surface area contributed by atoms with Gasteiger partial charge in [-0.2, -0.15) is 0 Å². The maximum atomic E-state index is 11.7. The topological polar surface area (TPSA) is 274 Å². The molecule has 20 nitrogen and oxygen atoms in total. The highest BCUT2D eigenvalue weighted by atomic mass is 16.4. The van der Waals surface area contributed by atoms with E-state index in [0.29, 0.717) is 56.9 Å². The average Bonchev–Trinajstić information content (AvgIpc) is 1.67. The van der Waals surface area contributed by atoms with Crippen LogP contribution in [0.2, 0.25) is 0 Å². The zero-order valence-corrected chi connectivity index (χ0v) is 51.6. The van der Waals surface area contributed by atoms with Crippen LogP contribution < -0.4 is 0 Å². The first-order chi connectivity index (χ1) is 42.8. The van der Waals surface area contributed by atoms with Crippen molar-refractivity contribution in [1.82, 2.24) is 61.2 Å². The second-order valence-corrected chi connectivity index (χ2v) is 26.3. The summed E-state index contributed by atoms with van der Waals surface area (Å²) < 4.78 is 37.8. The number of rotatable bonds is 12. The zero-order chi connectivity index (χ0) is 63.0. The highest BCUT2D eigenvalue weighted by Gasteiger charge is 2.27. The minimum Gasteiger partial charge on any atom is -0.507 e. The molecule has 13 aromatic rings. The molecule has 13 rings (SSSR count). The zero-order valence-electron chi connectivity index (χ0n) is 51.6. The van der Waals surface area contributed by atoms with Crippen molar-refractivity contribution >= 4 is 0 Å². The number of hydrogen-bond donors (Lipinski definition) is 2. The van der Waals surface area contributed by atoms with Gasteiger partial charge in [-0.15, -0.1) is 61.2 Å². The fourth-order valence-electron chi connectivity index (χ4n) is 10.1. The van der Waals surface area contributed by atoms with Gasteiger partial charge >= 0.3 is 0 Å². The summed E-state index contributed by atoms with van der Waals surface area (Å²) >= 11 is 0. The van der Waals surface area contributed by atoms with Crippen molar-refractivity contribution < 1.29 is 36.7 Å². The smallest absolute Gasteiger partial charge is 0.252 e. The molecule has 0 atom stereocenters. The summed E-state index contributed by atoms with van der Waals surface area (Å²) in [6.45, 7) is 25.8. The molecule has 0 fully saturated rings. The van der Waals surface area contributed by atoms with Crippen LogP contribution in [0.3, 0.4) is 0 Å². The Labute approximate surface area is 517 Å². The van der Waals surface area contributed by atoms with Crippen LogP contribution in [-0.2, 0) is 21.7 Å². The SMILES string of the molecule is CC(C)(C)c1ccc(-c2nnc(-c3cc(-c4nnc(-c5ccc(C(C)(C)C)cc5)o4)cc(-c4nnc(-c5cc(O)c(-c6nnc(-c7cc(-c8nnc(-c9ccc(C(C)(C)C)cc9)o8)cc(-c8nnc(-c9ccc(C(C)(C)C)cc9)o8)c7)o6)cc5O)o4)c3)o2)cc1. The van der Waals surface area contributed by atoms with Gasteiger partial charge in [0.05, 0.1) is 11.1 Å². The Morgan fingerprint density at radius 1 is 0.211 bits per heavy atom. The van der Waals surface area contributed by atoms with Crippen LogP contribution in [0.25, 0.3) is 137 Å². The second kappa shape index (κ2) is 22.0. The van der Waals surface area contributed by atoms with Gasteiger partial charge in [-0.1, -0.05) is 132 Å². The van der Waals surface area contributed by atoms with E-state index in [1.54, 1.807) is 36.4 Å². The van der Waals surface area contributed by atoms with Gasteiger partial charge < -0.3 is 36.7 Å². The number of nitrogens with zero attached hydrogens (tertiary/aromatic N) is 12. The number of benzene rings is 7. The summed E-state index contributed by atoms with van der Waals surface area (Å²) in [7, 11) is 0. The van der Waals surface area contributed by atoms with E-state index >= 15 is 0 Å². The van der Waals surface area contributed by atoms with Crippen molar-refractivity contribution in [3.05, 3.63) is 168 Å². The van der Waals surface area contributed by atoms with E-state index in [9.17, 15) is 10.2 Å². The van der Waals surface area contributed by atoms with Crippen LogP contribution in [0.4, 0.5) is 0 Å². The Morgan fingerprint density at radius 3 is 0.544 bits per heavy atom. The van der Waals surface area contributed by atoms with Crippen molar-refractivity contribution in [2.45, 2.75) is 105 Å². The van der Waals surface area contributed by atoms with Crippen LogP contribution in [0.5, 0.6) is 11.5 Å². The van der Waals surface area contributed by atoms with Gasteiger partial charge in [0.25, 0.3) is 11.8 Å². The summed E-state index contributed by atoms with van der Waals surface area (Å²) in [5, 5.41) is 76.0. The predicted molar refractivity (Wildman–Crippen MR) is 337 cm³/mol. The standard InChI is InChI=1S/C70H62N12O8/c1-67(2,3)47-21-13-37(14-22-47)55-71-75-59(85-55)41-29-42(60-76-72-56(86-60)38-15-23-48(24-16-38)68(4,5)6)32-45(31-41)63-79-81-65(89-63)51-35-54(84)52(36-53(51)83)66-82-80-64(90-66)46-33-43(61-77-73-57(87-61)39-17-25-49(26-18-39)69(7,8)9)30-44(34-46)62-78-74-58(88-62)40-19-27-50(28-20-40)70(10,11)12/h13-36,83-84H,1-12H3. The molecule has 2 N–H and O–H groups in total. The van der Waals surface area contributed by atoms with Gasteiger partial charge in [0.15, 0.2) is 0 Å². The lowest BCUT2D eigenvalue weighted by molar-refractivity contribution is 0.457. The lowest BCUT2D eigenvalue weighted by Gasteiger charge is -2.18. The Kier molecular flexibility index (Phi) is 14.2. The number of phenolic OH excluding ortho intramolecular Hbond substituents is 2. The Bertz CT molecular complexity index is 4240. The summed E-state index contributed by atoms with van der Waals surface area (Å²) in [5.41, 5.74) is 10.2. The van der Waals surface area contributed by atoms with Gasteiger partial charge in [-0.05, 0) is 141 Å².